The van der Waals surface area contributed by atoms with Gasteiger partial charge >= 0.3 is 5.97 Å². The molecular formula is C16H23NO5. The summed E-state index contributed by atoms with van der Waals surface area (Å²) in [6.07, 6.45) is -1.03. The summed E-state index contributed by atoms with van der Waals surface area (Å²) in [5, 5.41) is 20.6. The third kappa shape index (κ3) is 5.83. The number of carboxylic acids is 1. The summed E-state index contributed by atoms with van der Waals surface area (Å²) in [4.78, 5) is 22.7. The molecule has 1 atom stereocenters. The molecule has 0 fully saturated rings. The molecule has 1 aromatic rings. The van der Waals surface area contributed by atoms with Gasteiger partial charge in [0.05, 0.1) is 19.6 Å². The maximum absolute atomic E-state index is 12.2. The normalized spacial score (nSPS) is 12.7. The number of carbonyl (C=O) groups excluding carboxylic acids is 1. The second-order valence-corrected chi connectivity index (χ2v) is 5.76. The highest BCUT2D eigenvalue weighted by atomic mass is 16.5. The number of carbonyl (C=O) groups is 2. The number of aliphatic hydroxyl groups is 1. The summed E-state index contributed by atoms with van der Waals surface area (Å²) >= 11 is 0. The largest absolute Gasteiger partial charge is 0.481 e. The van der Waals surface area contributed by atoms with Gasteiger partial charge in [-0.15, -0.1) is 0 Å². The van der Waals surface area contributed by atoms with E-state index in [4.69, 9.17) is 9.84 Å². The van der Waals surface area contributed by atoms with Crippen LogP contribution in [0, 0.1) is 5.41 Å². The molecule has 0 saturated heterocycles. The van der Waals surface area contributed by atoms with E-state index in [1.807, 2.05) is 30.3 Å². The van der Waals surface area contributed by atoms with E-state index in [0.29, 0.717) is 0 Å². The quantitative estimate of drug-likeness (QED) is 0.636. The zero-order valence-corrected chi connectivity index (χ0v) is 12.9. The lowest BCUT2D eigenvalue weighted by Crippen LogP contribution is -2.47. The minimum Gasteiger partial charge on any atom is -0.481 e. The van der Waals surface area contributed by atoms with Crippen molar-refractivity contribution in [1.82, 2.24) is 5.32 Å². The zero-order chi connectivity index (χ0) is 16.6. The molecule has 0 radical (unpaired) electrons. The molecule has 6 heteroatoms. The van der Waals surface area contributed by atoms with Crippen LogP contribution in [0.1, 0.15) is 25.8 Å². The van der Waals surface area contributed by atoms with Gasteiger partial charge < -0.3 is 20.3 Å². The van der Waals surface area contributed by atoms with Crippen LogP contribution >= 0.6 is 0 Å². The molecule has 1 unspecified atom stereocenters. The average molecular weight is 309 g/mol. The van der Waals surface area contributed by atoms with Gasteiger partial charge in [-0.1, -0.05) is 44.2 Å². The van der Waals surface area contributed by atoms with Crippen molar-refractivity contribution in [3.05, 3.63) is 35.9 Å². The van der Waals surface area contributed by atoms with E-state index >= 15 is 0 Å². The Bertz CT molecular complexity index is 487. The standard InChI is InChI=1S/C16H23NO5/c1-16(2,11-18)14(15(21)17-9-8-13(19)20)22-10-12-6-4-3-5-7-12/h3-7,14,18H,8-11H2,1-2H3,(H,17,21)(H,19,20). The monoisotopic (exact) mass is 309 g/mol. The fraction of sp³-hybridized carbons (Fsp3) is 0.500. The fourth-order valence-corrected chi connectivity index (χ4v) is 1.88. The first kappa shape index (κ1) is 18.1. The molecule has 0 aliphatic carbocycles. The summed E-state index contributed by atoms with van der Waals surface area (Å²) < 4.78 is 5.68. The topological polar surface area (TPSA) is 95.9 Å². The third-order valence-corrected chi connectivity index (χ3v) is 3.25. The van der Waals surface area contributed by atoms with Crippen molar-refractivity contribution in [2.24, 2.45) is 5.41 Å². The number of hydrogen-bond acceptors (Lipinski definition) is 4. The van der Waals surface area contributed by atoms with Gasteiger partial charge in [-0.3, -0.25) is 9.59 Å². The number of nitrogens with one attached hydrogen (secondary N) is 1. The molecule has 1 rings (SSSR count). The number of benzene rings is 1. The minimum absolute atomic E-state index is 0.0286. The number of aliphatic carboxylic acids is 1. The van der Waals surface area contributed by atoms with E-state index in [-0.39, 0.29) is 26.2 Å². The zero-order valence-electron chi connectivity index (χ0n) is 12.9. The van der Waals surface area contributed by atoms with Gasteiger partial charge in [0.1, 0.15) is 6.10 Å². The highest BCUT2D eigenvalue weighted by Gasteiger charge is 2.35. The van der Waals surface area contributed by atoms with Gasteiger partial charge in [-0.05, 0) is 5.56 Å². The van der Waals surface area contributed by atoms with Gasteiger partial charge in [0.15, 0.2) is 0 Å². The van der Waals surface area contributed by atoms with E-state index in [2.05, 4.69) is 5.32 Å². The summed E-state index contributed by atoms with van der Waals surface area (Å²) in [6.45, 7) is 3.49. The van der Waals surface area contributed by atoms with Gasteiger partial charge in [0.2, 0.25) is 5.91 Å². The summed E-state index contributed by atoms with van der Waals surface area (Å²) in [6, 6.07) is 9.39. The summed E-state index contributed by atoms with van der Waals surface area (Å²) in [7, 11) is 0. The molecule has 6 nitrogen and oxygen atoms in total. The lowest BCUT2D eigenvalue weighted by molar-refractivity contribution is -0.145. The van der Waals surface area contributed by atoms with Gasteiger partial charge in [-0.25, -0.2) is 0 Å². The van der Waals surface area contributed by atoms with Crippen LogP contribution in [-0.4, -0.2) is 41.3 Å². The number of carboxylic acid groups (broad SMARTS) is 1. The first-order chi connectivity index (χ1) is 10.4. The van der Waals surface area contributed by atoms with Crippen LogP contribution in [0.15, 0.2) is 30.3 Å². The van der Waals surface area contributed by atoms with E-state index in [1.54, 1.807) is 13.8 Å². The minimum atomic E-state index is -0.983. The fourth-order valence-electron chi connectivity index (χ4n) is 1.88. The maximum atomic E-state index is 12.2. The molecule has 1 amide bonds. The predicted octanol–water partition coefficient (Wildman–Crippen LogP) is 1.18. The first-order valence-corrected chi connectivity index (χ1v) is 7.12. The van der Waals surface area contributed by atoms with Crippen molar-refractivity contribution in [3.8, 4) is 0 Å². The Balaban J connectivity index is 2.67. The molecular weight excluding hydrogens is 286 g/mol. The van der Waals surface area contributed by atoms with Crippen LogP contribution in [-0.2, 0) is 20.9 Å². The molecule has 22 heavy (non-hydrogen) atoms. The maximum Gasteiger partial charge on any atom is 0.305 e. The van der Waals surface area contributed by atoms with Crippen LogP contribution in [0.3, 0.4) is 0 Å². The molecule has 1 aromatic carbocycles. The van der Waals surface area contributed by atoms with Crippen LogP contribution in [0.4, 0.5) is 0 Å². The Morgan fingerprint density at radius 3 is 2.45 bits per heavy atom. The van der Waals surface area contributed by atoms with Crippen LogP contribution < -0.4 is 5.32 Å². The predicted molar refractivity (Wildman–Crippen MR) is 81.1 cm³/mol. The number of rotatable bonds is 9. The van der Waals surface area contributed by atoms with Crippen molar-refractivity contribution in [3.63, 3.8) is 0 Å². The van der Waals surface area contributed by atoms with Crippen LogP contribution in [0.25, 0.3) is 0 Å². The SMILES string of the molecule is CC(C)(CO)C(OCc1ccccc1)C(=O)NCCC(=O)O. The molecule has 0 aliphatic rings. The van der Waals surface area contributed by atoms with E-state index in [1.165, 1.54) is 0 Å². The molecule has 0 saturated carbocycles. The van der Waals surface area contributed by atoms with E-state index in [9.17, 15) is 14.7 Å². The second kappa shape index (κ2) is 8.51. The summed E-state index contributed by atoms with van der Waals surface area (Å²) in [5.74, 6) is -1.40. The van der Waals surface area contributed by atoms with Crippen molar-refractivity contribution in [2.45, 2.75) is 33.0 Å². The number of hydrogen-bond donors (Lipinski definition) is 3. The molecule has 0 aromatic heterocycles. The Labute approximate surface area is 130 Å². The van der Waals surface area contributed by atoms with Gasteiger partial charge in [0, 0.05) is 12.0 Å². The van der Waals surface area contributed by atoms with Gasteiger partial charge in [-0.2, -0.15) is 0 Å². The summed E-state index contributed by atoms with van der Waals surface area (Å²) in [5.41, 5.74) is 0.141. The average Bonchev–Trinajstić information content (AvgIpc) is 2.48. The van der Waals surface area contributed by atoms with E-state index in [0.717, 1.165) is 5.56 Å². The molecule has 0 bridgehead atoms. The molecule has 0 spiro atoms. The molecule has 3 N–H and O–H groups in total. The Kier molecular flexibility index (Phi) is 7.01. The van der Waals surface area contributed by atoms with Crippen molar-refractivity contribution < 1.29 is 24.5 Å². The number of amides is 1. The second-order valence-electron chi connectivity index (χ2n) is 5.76. The van der Waals surface area contributed by atoms with Crippen molar-refractivity contribution in [1.29, 1.82) is 0 Å². The van der Waals surface area contributed by atoms with E-state index < -0.39 is 23.4 Å². The van der Waals surface area contributed by atoms with Crippen LogP contribution in [0.5, 0.6) is 0 Å². The number of aliphatic hydroxyl groups excluding tert-OH is 1. The van der Waals surface area contributed by atoms with Crippen molar-refractivity contribution in [2.75, 3.05) is 13.2 Å². The van der Waals surface area contributed by atoms with Crippen LogP contribution in [0.2, 0.25) is 0 Å². The first-order valence-electron chi connectivity index (χ1n) is 7.12. The van der Waals surface area contributed by atoms with Crippen molar-refractivity contribution >= 4 is 11.9 Å². The highest BCUT2D eigenvalue weighted by molar-refractivity contribution is 5.82. The third-order valence-electron chi connectivity index (χ3n) is 3.25. The van der Waals surface area contributed by atoms with Gasteiger partial charge in [0.25, 0.3) is 0 Å². The molecule has 122 valence electrons. The lowest BCUT2D eigenvalue weighted by atomic mass is 9.86. The number of ether oxygens (including phenoxy) is 1. The Morgan fingerprint density at radius 1 is 1.27 bits per heavy atom. The molecule has 0 heterocycles. The lowest BCUT2D eigenvalue weighted by Gasteiger charge is -2.31. The Morgan fingerprint density at radius 2 is 1.91 bits per heavy atom. The highest BCUT2D eigenvalue weighted by Crippen LogP contribution is 2.24. The molecule has 0 aliphatic heterocycles. The smallest absolute Gasteiger partial charge is 0.305 e. The Hall–Kier alpha value is -1.92.